The molecule has 0 bridgehead atoms. The summed E-state index contributed by atoms with van der Waals surface area (Å²) in [7, 11) is 1.42. The highest BCUT2D eigenvalue weighted by Gasteiger charge is 2.27. The molecule has 0 aliphatic heterocycles. The highest BCUT2D eigenvalue weighted by molar-refractivity contribution is 6.30. The molecule has 1 rings (SSSR count). The van der Waals surface area contributed by atoms with E-state index in [2.05, 4.69) is 10.1 Å². The van der Waals surface area contributed by atoms with E-state index in [9.17, 15) is 13.2 Å². The number of benzene rings is 1. The summed E-state index contributed by atoms with van der Waals surface area (Å²) in [4.78, 5) is 0. The first-order valence-corrected chi connectivity index (χ1v) is 6.59. The number of rotatable bonds is 8. The van der Waals surface area contributed by atoms with Crippen LogP contribution >= 0.6 is 11.6 Å². The van der Waals surface area contributed by atoms with Gasteiger partial charge < -0.3 is 19.5 Å². The van der Waals surface area contributed by atoms with Crippen molar-refractivity contribution in [3.63, 3.8) is 0 Å². The zero-order valence-corrected chi connectivity index (χ0v) is 12.5. The Kier molecular flexibility index (Phi) is 7.07. The van der Waals surface area contributed by atoms with Crippen molar-refractivity contribution < 1.29 is 27.4 Å². The van der Waals surface area contributed by atoms with Gasteiger partial charge in [-0.1, -0.05) is 18.5 Å². The quantitative estimate of drug-likeness (QED) is 0.587. The van der Waals surface area contributed by atoms with E-state index in [4.69, 9.17) is 21.1 Å². The van der Waals surface area contributed by atoms with Gasteiger partial charge in [0.1, 0.15) is 6.61 Å². The lowest BCUT2D eigenvalue weighted by molar-refractivity contribution is -0.186. The molecule has 1 aromatic rings. The van der Waals surface area contributed by atoms with Crippen molar-refractivity contribution in [1.29, 1.82) is 0 Å². The summed E-state index contributed by atoms with van der Waals surface area (Å²) in [5.74, 6) is 0.649. The molecule has 0 saturated heterocycles. The first-order chi connectivity index (χ1) is 9.87. The predicted octanol–water partition coefficient (Wildman–Crippen LogP) is 3.37. The van der Waals surface area contributed by atoms with Crippen molar-refractivity contribution in [2.24, 2.45) is 0 Å². The molecule has 0 atom stereocenters. The van der Waals surface area contributed by atoms with Crippen LogP contribution in [0, 0.1) is 0 Å². The van der Waals surface area contributed by atoms with E-state index in [0.29, 0.717) is 28.6 Å². The van der Waals surface area contributed by atoms with E-state index in [0.717, 1.165) is 6.54 Å². The lowest BCUT2D eigenvalue weighted by Crippen LogP contribution is -2.20. The molecule has 21 heavy (non-hydrogen) atoms. The fourth-order valence-electron chi connectivity index (χ4n) is 1.59. The average molecular weight is 328 g/mol. The van der Waals surface area contributed by atoms with Gasteiger partial charge >= 0.3 is 6.18 Å². The van der Waals surface area contributed by atoms with Crippen LogP contribution < -0.4 is 14.8 Å². The van der Waals surface area contributed by atoms with E-state index in [-0.39, 0.29) is 0 Å². The second kappa shape index (κ2) is 8.31. The van der Waals surface area contributed by atoms with Gasteiger partial charge in [0.05, 0.1) is 7.11 Å². The molecule has 0 aliphatic rings. The van der Waals surface area contributed by atoms with E-state index in [1.165, 1.54) is 13.2 Å². The van der Waals surface area contributed by atoms with Crippen LogP contribution in [0.1, 0.15) is 12.5 Å². The maximum atomic E-state index is 12.0. The average Bonchev–Trinajstić information content (AvgIpc) is 2.40. The van der Waals surface area contributed by atoms with Gasteiger partial charge in [0.15, 0.2) is 18.3 Å². The lowest BCUT2D eigenvalue weighted by Gasteiger charge is -2.16. The highest BCUT2D eigenvalue weighted by atomic mass is 35.5. The molecule has 0 radical (unpaired) electrons. The number of hydrogen-bond donors (Lipinski definition) is 1. The monoisotopic (exact) mass is 327 g/mol. The molecule has 0 aromatic heterocycles. The number of hydrogen-bond acceptors (Lipinski definition) is 4. The zero-order valence-electron chi connectivity index (χ0n) is 11.7. The molecule has 8 heteroatoms. The molecule has 0 fully saturated rings. The molecule has 1 N–H and O–H groups in total. The van der Waals surface area contributed by atoms with Crippen molar-refractivity contribution >= 4 is 11.6 Å². The van der Waals surface area contributed by atoms with Crippen LogP contribution in [-0.2, 0) is 11.3 Å². The third-order valence-corrected chi connectivity index (χ3v) is 2.65. The Bertz CT molecular complexity index is 455. The number of methoxy groups -OCH3 is 1. The Morgan fingerprint density at radius 2 is 2.00 bits per heavy atom. The minimum absolute atomic E-state index is 0.310. The van der Waals surface area contributed by atoms with Gasteiger partial charge in [0.2, 0.25) is 0 Å². The third kappa shape index (κ3) is 6.41. The largest absolute Gasteiger partial charge is 0.493 e. The Balaban J connectivity index is 2.77. The summed E-state index contributed by atoms with van der Waals surface area (Å²) in [6, 6.07) is 3.18. The zero-order chi connectivity index (χ0) is 15.9. The topological polar surface area (TPSA) is 39.7 Å². The predicted molar refractivity (Wildman–Crippen MR) is 72.9 cm³/mol. The van der Waals surface area contributed by atoms with Crippen LogP contribution in [0.3, 0.4) is 0 Å². The standard InChI is InChI=1S/C13H17ClF3NO3/c1-3-18-6-9-4-10(14)5-11(19-2)12(9)21-8-20-7-13(15,16)17/h4-5,18H,3,6-8H2,1-2H3. The number of alkyl halides is 3. The number of nitrogens with one attached hydrogen (secondary N) is 1. The normalized spacial score (nSPS) is 11.5. The summed E-state index contributed by atoms with van der Waals surface area (Å²) >= 11 is 5.96. The van der Waals surface area contributed by atoms with Crippen LogP contribution in [0.5, 0.6) is 11.5 Å². The van der Waals surface area contributed by atoms with Gasteiger partial charge in [-0.15, -0.1) is 0 Å². The van der Waals surface area contributed by atoms with Crippen molar-refractivity contribution in [3.05, 3.63) is 22.7 Å². The molecular weight excluding hydrogens is 311 g/mol. The molecule has 0 aliphatic carbocycles. The van der Waals surface area contributed by atoms with Gasteiger partial charge in [-0.2, -0.15) is 13.2 Å². The molecule has 4 nitrogen and oxygen atoms in total. The second-order valence-corrected chi connectivity index (χ2v) is 4.54. The maximum Gasteiger partial charge on any atom is 0.411 e. The summed E-state index contributed by atoms with van der Waals surface area (Å²) in [6.07, 6.45) is -4.39. The van der Waals surface area contributed by atoms with E-state index < -0.39 is 19.6 Å². The summed E-state index contributed by atoms with van der Waals surface area (Å²) in [5, 5.41) is 3.53. The Labute approximate surface area is 126 Å². The Hall–Kier alpha value is -1.18. The van der Waals surface area contributed by atoms with Crippen LogP contribution in [0.15, 0.2) is 12.1 Å². The van der Waals surface area contributed by atoms with Gasteiger partial charge in [0, 0.05) is 23.2 Å². The molecule has 120 valence electrons. The number of halogens is 4. The third-order valence-electron chi connectivity index (χ3n) is 2.43. The molecular formula is C13H17ClF3NO3. The van der Waals surface area contributed by atoms with Gasteiger partial charge in [0.25, 0.3) is 0 Å². The van der Waals surface area contributed by atoms with Crippen molar-refractivity contribution in [2.75, 3.05) is 27.1 Å². The first-order valence-electron chi connectivity index (χ1n) is 6.21. The molecule has 0 saturated carbocycles. The van der Waals surface area contributed by atoms with Crippen LogP contribution in [0.2, 0.25) is 5.02 Å². The maximum absolute atomic E-state index is 12.0. The van der Waals surface area contributed by atoms with E-state index in [1.807, 2.05) is 6.92 Å². The van der Waals surface area contributed by atoms with Crippen LogP contribution in [0.4, 0.5) is 13.2 Å². The van der Waals surface area contributed by atoms with Crippen molar-refractivity contribution in [2.45, 2.75) is 19.6 Å². The smallest absolute Gasteiger partial charge is 0.411 e. The van der Waals surface area contributed by atoms with E-state index in [1.54, 1.807) is 6.07 Å². The van der Waals surface area contributed by atoms with Crippen molar-refractivity contribution in [1.82, 2.24) is 5.32 Å². The van der Waals surface area contributed by atoms with Crippen LogP contribution in [-0.4, -0.2) is 33.2 Å². The van der Waals surface area contributed by atoms with Gasteiger partial charge in [-0.25, -0.2) is 0 Å². The molecule has 0 amide bonds. The SMILES string of the molecule is CCNCc1cc(Cl)cc(OC)c1OCOCC(F)(F)F. The second-order valence-electron chi connectivity index (χ2n) is 4.10. The minimum Gasteiger partial charge on any atom is -0.493 e. The lowest BCUT2D eigenvalue weighted by atomic mass is 10.2. The molecule has 0 heterocycles. The minimum atomic E-state index is -4.39. The molecule has 0 spiro atoms. The Morgan fingerprint density at radius 3 is 2.57 bits per heavy atom. The van der Waals surface area contributed by atoms with E-state index >= 15 is 0 Å². The fourth-order valence-corrected chi connectivity index (χ4v) is 1.82. The summed E-state index contributed by atoms with van der Waals surface area (Å²) in [5.41, 5.74) is 0.678. The summed E-state index contributed by atoms with van der Waals surface area (Å²) < 4.78 is 50.8. The van der Waals surface area contributed by atoms with Crippen molar-refractivity contribution in [3.8, 4) is 11.5 Å². The molecule has 0 unspecified atom stereocenters. The fraction of sp³-hybridized carbons (Fsp3) is 0.538. The van der Waals surface area contributed by atoms with Gasteiger partial charge in [-0.3, -0.25) is 0 Å². The van der Waals surface area contributed by atoms with Crippen LogP contribution in [0.25, 0.3) is 0 Å². The Morgan fingerprint density at radius 1 is 1.29 bits per heavy atom. The highest BCUT2D eigenvalue weighted by Crippen LogP contribution is 2.34. The first kappa shape index (κ1) is 17.9. The van der Waals surface area contributed by atoms with Gasteiger partial charge in [-0.05, 0) is 12.6 Å². The summed E-state index contributed by atoms with van der Waals surface area (Å²) in [6.45, 7) is 1.19. The molecule has 1 aromatic carbocycles. The number of ether oxygens (including phenoxy) is 3.